The smallest absolute Gasteiger partial charge is 0.264 e. The first-order chi connectivity index (χ1) is 17.4. The van der Waals surface area contributed by atoms with E-state index in [2.05, 4.69) is 52.2 Å². The van der Waals surface area contributed by atoms with Gasteiger partial charge in [-0.15, -0.1) is 20.4 Å². The maximum atomic E-state index is 12.4. The lowest BCUT2D eigenvalue weighted by Gasteiger charge is -2.04. The van der Waals surface area contributed by atoms with Gasteiger partial charge in [0.15, 0.2) is 4.34 Å². The molecule has 0 spiro atoms. The fraction of sp³-hybridized carbons (Fsp3) is 0.143. The number of rotatable bonds is 10. The van der Waals surface area contributed by atoms with Gasteiger partial charge in [-0.1, -0.05) is 92.7 Å². The number of carbonyl (C=O) groups is 1. The quantitative estimate of drug-likeness (QED) is 0.0722. The lowest BCUT2D eigenvalue weighted by atomic mass is 10.1. The van der Waals surface area contributed by atoms with E-state index in [1.807, 2.05) is 55.5 Å². The monoisotopic (exact) mass is 623 g/mol. The SMILES string of the molecule is C/C(=N\Nc1nnc(SCC(=O)Nc2nnc(SCc3ccccc3Cl)s2)n1N)c1ccc(Br)cc1. The minimum absolute atomic E-state index is 0.0677. The fourth-order valence-corrected chi connectivity index (χ4v) is 5.67. The molecule has 0 radical (unpaired) electrons. The highest BCUT2D eigenvalue weighted by Crippen LogP contribution is 2.30. The van der Waals surface area contributed by atoms with Crippen LogP contribution >= 0.6 is 62.4 Å². The van der Waals surface area contributed by atoms with Gasteiger partial charge in [0.2, 0.25) is 16.2 Å². The molecular formula is C21H19BrClN9OS3. The molecule has 0 aliphatic carbocycles. The van der Waals surface area contributed by atoms with E-state index < -0.39 is 0 Å². The number of hydrogen-bond acceptors (Lipinski definition) is 11. The molecule has 10 nitrogen and oxygen atoms in total. The van der Waals surface area contributed by atoms with Crippen LogP contribution in [-0.4, -0.2) is 42.4 Å². The van der Waals surface area contributed by atoms with Crippen LogP contribution in [0.2, 0.25) is 5.02 Å². The van der Waals surface area contributed by atoms with Crippen LogP contribution in [-0.2, 0) is 10.5 Å². The van der Waals surface area contributed by atoms with Crippen LogP contribution in [0.5, 0.6) is 0 Å². The van der Waals surface area contributed by atoms with Crippen molar-refractivity contribution in [3.05, 3.63) is 69.2 Å². The Morgan fingerprint density at radius 3 is 2.69 bits per heavy atom. The van der Waals surface area contributed by atoms with Crippen LogP contribution in [0, 0.1) is 0 Å². The van der Waals surface area contributed by atoms with Gasteiger partial charge in [0.25, 0.3) is 5.95 Å². The van der Waals surface area contributed by atoms with E-state index in [0.29, 0.717) is 21.1 Å². The summed E-state index contributed by atoms with van der Waals surface area (Å²) in [6.45, 7) is 1.86. The summed E-state index contributed by atoms with van der Waals surface area (Å²) in [5, 5.41) is 24.7. The van der Waals surface area contributed by atoms with Crippen LogP contribution in [0.4, 0.5) is 11.1 Å². The third-order valence-electron chi connectivity index (χ3n) is 4.54. The molecule has 0 aliphatic rings. The fourth-order valence-electron chi connectivity index (χ4n) is 2.70. The molecule has 0 saturated heterocycles. The number of nitrogens with zero attached hydrogens (tertiary/aromatic N) is 6. The van der Waals surface area contributed by atoms with E-state index in [4.69, 9.17) is 17.4 Å². The Labute approximate surface area is 232 Å². The maximum Gasteiger partial charge on any atom is 0.264 e. The van der Waals surface area contributed by atoms with Crippen LogP contribution in [0.25, 0.3) is 0 Å². The summed E-state index contributed by atoms with van der Waals surface area (Å²) < 4.78 is 2.96. The lowest BCUT2D eigenvalue weighted by Crippen LogP contribution is -2.17. The van der Waals surface area contributed by atoms with Gasteiger partial charge in [-0.2, -0.15) is 5.10 Å². The molecule has 2 aromatic heterocycles. The summed E-state index contributed by atoms with van der Waals surface area (Å²) in [5.74, 6) is 6.76. The number of nitrogens with two attached hydrogens (primary N) is 1. The molecule has 0 aliphatic heterocycles. The highest BCUT2D eigenvalue weighted by Gasteiger charge is 2.14. The van der Waals surface area contributed by atoms with Gasteiger partial charge in [0.1, 0.15) is 0 Å². The molecule has 0 unspecified atom stereocenters. The highest BCUT2D eigenvalue weighted by molar-refractivity contribution is 9.10. The number of amides is 1. The van der Waals surface area contributed by atoms with E-state index in [1.54, 1.807) is 0 Å². The Morgan fingerprint density at radius 2 is 1.92 bits per heavy atom. The Kier molecular flexibility index (Phi) is 9.20. The van der Waals surface area contributed by atoms with Crippen molar-refractivity contribution in [2.24, 2.45) is 5.10 Å². The van der Waals surface area contributed by atoms with E-state index in [-0.39, 0.29) is 17.6 Å². The molecule has 186 valence electrons. The van der Waals surface area contributed by atoms with Crippen LogP contribution in [0.15, 0.2) is 67.6 Å². The zero-order valence-corrected chi connectivity index (χ0v) is 23.5. The number of nitrogens with one attached hydrogen (secondary N) is 2. The normalized spacial score (nSPS) is 11.5. The number of anilines is 2. The predicted molar refractivity (Wildman–Crippen MR) is 150 cm³/mol. The zero-order chi connectivity index (χ0) is 25.5. The summed E-state index contributed by atoms with van der Waals surface area (Å²) in [7, 11) is 0. The predicted octanol–water partition coefficient (Wildman–Crippen LogP) is 5.12. The number of aromatic nitrogens is 5. The minimum Gasteiger partial charge on any atom is -0.334 e. The van der Waals surface area contributed by atoms with E-state index >= 15 is 0 Å². The zero-order valence-electron chi connectivity index (χ0n) is 18.7. The Morgan fingerprint density at radius 1 is 1.14 bits per heavy atom. The minimum atomic E-state index is -0.264. The van der Waals surface area contributed by atoms with Crippen molar-refractivity contribution in [2.75, 3.05) is 22.3 Å². The average Bonchev–Trinajstić information content (AvgIpc) is 3.47. The molecule has 2 heterocycles. The van der Waals surface area contributed by atoms with E-state index in [1.165, 1.54) is 27.8 Å². The highest BCUT2D eigenvalue weighted by atomic mass is 79.9. The van der Waals surface area contributed by atoms with Crippen molar-refractivity contribution in [1.29, 1.82) is 0 Å². The summed E-state index contributed by atoms with van der Waals surface area (Å²) in [4.78, 5) is 12.4. The van der Waals surface area contributed by atoms with Gasteiger partial charge >= 0.3 is 0 Å². The third kappa shape index (κ3) is 7.20. The molecule has 15 heteroatoms. The van der Waals surface area contributed by atoms with Gasteiger partial charge in [-0.25, -0.2) is 10.1 Å². The van der Waals surface area contributed by atoms with Crippen LogP contribution < -0.4 is 16.6 Å². The number of benzene rings is 2. The molecular weight excluding hydrogens is 606 g/mol. The van der Waals surface area contributed by atoms with Crippen LogP contribution in [0.3, 0.4) is 0 Å². The lowest BCUT2D eigenvalue weighted by molar-refractivity contribution is -0.113. The molecule has 0 fully saturated rings. The largest absolute Gasteiger partial charge is 0.334 e. The van der Waals surface area contributed by atoms with Gasteiger partial charge in [-0.05, 0) is 36.2 Å². The van der Waals surface area contributed by atoms with Crippen molar-refractivity contribution in [2.45, 2.75) is 22.2 Å². The molecule has 1 amide bonds. The van der Waals surface area contributed by atoms with Crippen molar-refractivity contribution >= 4 is 85.1 Å². The first-order valence-corrected chi connectivity index (χ1v) is 14.2. The van der Waals surface area contributed by atoms with Crippen molar-refractivity contribution in [1.82, 2.24) is 25.1 Å². The number of nitrogen functional groups attached to an aromatic ring is 1. The van der Waals surface area contributed by atoms with Crippen molar-refractivity contribution in [3.63, 3.8) is 0 Å². The molecule has 2 aromatic carbocycles. The summed E-state index contributed by atoms with van der Waals surface area (Å²) in [5.41, 5.74) is 5.51. The summed E-state index contributed by atoms with van der Waals surface area (Å²) in [6, 6.07) is 15.4. The first-order valence-electron chi connectivity index (χ1n) is 10.3. The Balaban J connectivity index is 1.26. The van der Waals surface area contributed by atoms with E-state index in [0.717, 1.165) is 37.4 Å². The molecule has 0 saturated carbocycles. The van der Waals surface area contributed by atoms with Crippen LogP contribution in [0.1, 0.15) is 18.1 Å². The molecule has 4 aromatic rings. The molecule has 0 bridgehead atoms. The second-order valence-electron chi connectivity index (χ2n) is 7.08. The van der Waals surface area contributed by atoms with E-state index in [9.17, 15) is 4.79 Å². The van der Waals surface area contributed by atoms with Gasteiger partial charge in [-0.3, -0.25) is 10.1 Å². The first kappa shape index (κ1) is 26.4. The molecule has 36 heavy (non-hydrogen) atoms. The molecule has 4 rings (SSSR count). The second-order valence-corrected chi connectivity index (χ2v) is 11.5. The number of halogens is 2. The number of hydrazone groups is 1. The Hall–Kier alpha value is -2.65. The van der Waals surface area contributed by atoms with Crippen molar-refractivity contribution < 1.29 is 4.79 Å². The average molecular weight is 625 g/mol. The van der Waals surface area contributed by atoms with Gasteiger partial charge < -0.3 is 5.84 Å². The van der Waals surface area contributed by atoms with Crippen molar-refractivity contribution in [3.8, 4) is 0 Å². The second kappa shape index (κ2) is 12.5. The number of hydrogen-bond donors (Lipinski definition) is 3. The van der Waals surface area contributed by atoms with Gasteiger partial charge in [0, 0.05) is 15.2 Å². The molecule has 4 N–H and O–H groups in total. The standard InChI is InChI=1S/C21H19BrClN9OS3/c1-12(13-6-8-15(22)9-7-13)26-27-18-28-30-20(32(18)24)34-11-17(33)25-19-29-31-21(36-19)35-10-14-4-2-3-5-16(14)23/h2-9H,10-11,24H2,1H3,(H,27,28)(H,25,29,33)/b26-12+. The number of thioether (sulfide) groups is 2. The Bertz CT molecular complexity index is 1380. The van der Waals surface area contributed by atoms with Gasteiger partial charge in [0.05, 0.1) is 11.5 Å². The summed E-state index contributed by atoms with van der Waals surface area (Å²) in [6.07, 6.45) is 0. The topological polar surface area (TPSA) is 136 Å². The number of carbonyl (C=O) groups excluding carboxylic acids is 1. The summed E-state index contributed by atoms with van der Waals surface area (Å²) >= 11 is 13.5. The molecule has 0 atom stereocenters. The third-order valence-corrected chi connectivity index (χ3v) is 8.41. The maximum absolute atomic E-state index is 12.4.